The maximum atomic E-state index is 15.1. The SMILES string of the molecule is CCCCCCCCCCCCOC(C)C1=C(C)c2cc3[nH]c(c4c5[nH]c(cc6nc(cc1n2)C(C)=C6CC)c(C)c5C(=O)N(CCCCCCCCCCCC)C4=O)[C@@H](CCC(=O)OC)[C@@H]3C. The summed E-state index contributed by atoms with van der Waals surface area (Å²) < 4.78 is 11.8. The first-order valence-electron chi connectivity index (χ1n) is 27.0. The number of unbranched alkanes of at least 4 members (excludes halogenated alkanes) is 18. The summed E-state index contributed by atoms with van der Waals surface area (Å²) in [6.07, 6.45) is 25.6. The van der Waals surface area contributed by atoms with Crippen molar-refractivity contribution in [2.75, 3.05) is 20.3 Å². The molecule has 4 aliphatic heterocycles. The van der Waals surface area contributed by atoms with E-state index in [4.69, 9.17) is 19.4 Å². The summed E-state index contributed by atoms with van der Waals surface area (Å²) in [4.78, 5) is 62.0. The van der Waals surface area contributed by atoms with Gasteiger partial charge in [-0.2, -0.15) is 0 Å². The molecule has 6 heterocycles. The lowest BCUT2D eigenvalue weighted by Gasteiger charge is -2.27. The number of hydrogen-bond acceptors (Lipinski definition) is 7. The van der Waals surface area contributed by atoms with Crippen LogP contribution in [0.4, 0.5) is 0 Å². The van der Waals surface area contributed by atoms with Crippen molar-refractivity contribution in [3.8, 4) is 0 Å². The number of carbonyl (C=O) groups excluding carboxylic acids is 3. The van der Waals surface area contributed by atoms with E-state index in [9.17, 15) is 9.59 Å². The van der Waals surface area contributed by atoms with E-state index in [1.165, 1.54) is 115 Å². The fourth-order valence-corrected chi connectivity index (χ4v) is 11.0. The van der Waals surface area contributed by atoms with Crippen molar-refractivity contribution in [3.63, 3.8) is 0 Å². The van der Waals surface area contributed by atoms with Crippen molar-refractivity contribution >= 4 is 51.1 Å². The van der Waals surface area contributed by atoms with Crippen molar-refractivity contribution in [2.45, 2.75) is 221 Å². The second kappa shape index (κ2) is 25.9. The number of nitrogens with one attached hydrogen (secondary N) is 2. The van der Waals surface area contributed by atoms with E-state index in [0.29, 0.717) is 36.2 Å². The predicted molar refractivity (Wildman–Crippen MR) is 279 cm³/mol. The third-order valence-electron chi connectivity index (χ3n) is 15.3. The summed E-state index contributed by atoms with van der Waals surface area (Å²) >= 11 is 0. The zero-order valence-electron chi connectivity index (χ0n) is 43.5. The highest BCUT2D eigenvalue weighted by Crippen LogP contribution is 2.45. The number of fused-ring (bicyclic) bond motifs is 8. The van der Waals surface area contributed by atoms with Crippen molar-refractivity contribution in [1.29, 1.82) is 0 Å². The molecule has 1 unspecified atom stereocenters. The molecular weight excluding hydrogens is 847 g/mol. The van der Waals surface area contributed by atoms with Crippen LogP contribution < -0.4 is 0 Å². The van der Waals surface area contributed by atoms with Crippen LogP contribution in [0.25, 0.3) is 33.3 Å². The molecule has 0 aromatic carbocycles. The number of H-pyrrole nitrogens is 2. The van der Waals surface area contributed by atoms with E-state index in [2.05, 4.69) is 70.6 Å². The summed E-state index contributed by atoms with van der Waals surface area (Å²) in [5, 5.41) is 0. The Morgan fingerprint density at radius 3 is 1.85 bits per heavy atom. The molecule has 2 amide bonds. The predicted octanol–water partition coefficient (Wildman–Crippen LogP) is 15.3. The van der Waals surface area contributed by atoms with Gasteiger partial charge in [-0.1, -0.05) is 143 Å². The summed E-state index contributed by atoms with van der Waals surface area (Å²) in [7, 11) is 1.41. The Hall–Kier alpha value is -4.57. The number of aryl methyl sites for hydroxylation is 1. The number of carbonyl (C=O) groups is 3. The summed E-state index contributed by atoms with van der Waals surface area (Å²) in [6, 6.07) is 6.29. The number of ether oxygens (including phenoxy) is 2. The Bertz CT molecular complexity index is 2350. The monoisotopic (exact) mass is 932 g/mol. The Balaban J connectivity index is 1.40. The number of esters is 1. The largest absolute Gasteiger partial charge is 0.469 e. The van der Waals surface area contributed by atoms with E-state index in [0.717, 1.165) is 99.6 Å². The Labute approximate surface area is 408 Å². The van der Waals surface area contributed by atoms with Gasteiger partial charge in [-0.05, 0) is 93.9 Å². The minimum Gasteiger partial charge on any atom is -0.469 e. The quantitative estimate of drug-likeness (QED) is 0.0494. The molecule has 0 fully saturated rings. The molecule has 0 radical (unpaired) electrons. The number of hydrogen-bond donors (Lipinski definition) is 2. The van der Waals surface area contributed by atoms with Gasteiger partial charge in [0, 0.05) is 53.9 Å². The summed E-state index contributed by atoms with van der Waals surface area (Å²) in [6.45, 7) is 18.2. The summed E-state index contributed by atoms with van der Waals surface area (Å²) in [5.74, 6) is -1.20. The number of imide groups is 1. The van der Waals surface area contributed by atoms with E-state index < -0.39 is 0 Å². The van der Waals surface area contributed by atoms with Crippen LogP contribution in [0, 0.1) is 6.92 Å². The molecule has 8 bridgehead atoms. The number of aromatic nitrogens is 4. The molecule has 2 N–H and O–H groups in total. The van der Waals surface area contributed by atoms with Crippen LogP contribution in [0.5, 0.6) is 0 Å². The van der Waals surface area contributed by atoms with Crippen molar-refractivity contribution < 1.29 is 23.9 Å². The van der Waals surface area contributed by atoms with Crippen LogP contribution in [-0.2, 0) is 14.3 Å². The zero-order chi connectivity index (χ0) is 48.7. The van der Waals surface area contributed by atoms with Crippen LogP contribution in [0.15, 0.2) is 18.2 Å². The van der Waals surface area contributed by atoms with E-state index in [1.807, 2.05) is 13.0 Å². The van der Waals surface area contributed by atoms with E-state index >= 15 is 4.79 Å². The molecule has 10 nitrogen and oxygen atoms in total. The fourth-order valence-electron chi connectivity index (χ4n) is 11.0. The van der Waals surface area contributed by atoms with Gasteiger partial charge in [0.15, 0.2) is 0 Å². The van der Waals surface area contributed by atoms with Crippen molar-refractivity contribution in [1.82, 2.24) is 24.8 Å². The third-order valence-corrected chi connectivity index (χ3v) is 15.3. The average Bonchev–Trinajstić information content (AvgIpc) is 4.01. The molecular formula is C58H85N5O5. The zero-order valence-corrected chi connectivity index (χ0v) is 43.5. The fraction of sp³-hybridized carbons (Fsp3) is 0.638. The summed E-state index contributed by atoms with van der Waals surface area (Å²) in [5.41, 5.74) is 12.4. The molecule has 0 spiro atoms. The van der Waals surface area contributed by atoms with Crippen molar-refractivity contribution in [3.05, 3.63) is 69.1 Å². The van der Waals surface area contributed by atoms with Gasteiger partial charge in [0.2, 0.25) is 0 Å². The van der Waals surface area contributed by atoms with Gasteiger partial charge in [-0.25, -0.2) is 9.97 Å². The highest BCUT2D eigenvalue weighted by atomic mass is 16.5. The molecule has 10 heteroatoms. The third kappa shape index (κ3) is 12.6. The van der Waals surface area contributed by atoms with Gasteiger partial charge in [-0.15, -0.1) is 0 Å². The van der Waals surface area contributed by atoms with Gasteiger partial charge in [0.1, 0.15) is 0 Å². The van der Waals surface area contributed by atoms with E-state index in [1.54, 1.807) is 0 Å². The first kappa shape index (κ1) is 52.8. The number of amides is 2. The lowest BCUT2D eigenvalue weighted by Crippen LogP contribution is -2.41. The molecule has 68 heavy (non-hydrogen) atoms. The lowest BCUT2D eigenvalue weighted by atomic mass is 9.84. The maximum Gasteiger partial charge on any atom is 0.305 e. The van der Waals surface area contributed by atoms with Crippen molar-refractivity contribution in [2.24, 2.45) is 0 Å². The lowest BCUT2D eigenvalue weighted by molar-refractivity contribution is -0.140. The minimum absolute atomic E-state index is 0.102. The van der Waals surface area contributed by atoms with Crippen LogP contribution >= 0.6 is 0 Å². The Morgan fingerprint density at radius 1 is 0.691 bits per heavy atom. The molecule has 372 valence electrons. The minimum atomic E-state index is -0.305. The molecule has 4 aliphatic rings. The van der Waals surface area contributed by atoms with Crippen LogP contribution in [-0.4, -0.2) is 69.0 Å². The molecule has 2 aromatic rings. The highest BCUT2D eigenvalue weighted by molar-refractivity contribution is 6.23. The molecule has 0 aliphatic carbocycles. The topological polar surface area (TPSA) is 130 Å². The smallest absolute Gasteiger partial charge is 0.305 e. The van der Waals surface area contributed by atoms with Gasteiger partial charge < -0.3 is 19.4 Å². The Kier molecular flexibility index (Phi) is 20.1. The molecule has 0 saturated heterocycles. The number of nitrogens with zero attached hydrogens (tertiary/aromatic N) is 3. The maximum absolute atomic E-state index is 15.1. The number of aromatic amines is 2. The highest BCUT2D eigenvalue weighted by Gasteiger charge is 2.40. The second-order valence-electron chi connectivity index (χ2n) is 20.1. The first-order valence-corrected chi connectivity index (χ1v) is 27.0. The van der Waals surface area contributed by atoms with Gasteiger partial charge in [-0.3, -0.25) is 19.3 Å². The van der Waals surface area contributed by atoms with E-state index in [-0.39, 0.29) is 42.1 Å². The Morgan fingerprint density at radius 2 is 1.25 bits per heavy atom. The van der Waals surface area contributed by atoms with Gasteiger partial charge in [0.25, 0.3) is 11.8 Å². The molecule has 3 atom stereocenters. The van der Waals surface area contributed by atoms with Crippen LogP contribution in [0.3, 0.4) is 0 Å². The van der Waals surface area contributed by atoms with Gasteiger partial charge >= 0.3 is 5.97 Å². The normalized spacial score (nSPS) is 16.9. The average molecular weight is 932 g/mol. The molecule has 0 saturated carbocycles. The number of methoxy groups -OCH3 is 1. The molecule has 2 aromatic heterocycles. The van der Waals surface area contributed by atoms with Crippen LogP contribution in [0.2, 0.25) is 0 Å². The second-order valence-corrected chi connectivity index (χ2v) is 20.1. The van der Waals surface area contributed by atoms with Gasteiger partial charge in [0.05, 0.1) is 52.6 Å². The number of rotatable bonds is 28. The van der Waals surface area contributed by atoms with Crippen LogP contribution in [0.1, 0.15) is 268 Å². The number of allylic oxidation sites excluding steroid dienone is 3. The first-order chi connectivity index (χ1) is 32.9. The standard InChI is InChI=1S/C58H85N5O5/c1-10-13-15-17-19-21-23-25-27-29-33-63-57(65)53-41(7)48-36-49-43(12-3)38(4)45(59-49)37-50-52(42(8)68-34-30-28-26-24-22-20-18-16-14-11-2)40(6)47(60-50)35-46-39(5)44(31-32-51(64)67-9)55(61-46)54(58(63)66)56(53)62-48/h35-37,39,42,44,61-62H,10-34H2,1-9H3/t39-,42?,44-/m0/s1. The molecule has 6 rings (SSSR count).